The fourth-order valence-corrected chi connectivity index (χ4v) is 2.56. The summed E-state index contributed by atoms with van der Waals surface area (Å²) < 4.78 is 0. The summed E-state index contributed by atoms with van der Waals surface area (Å²) in [5.74, 6) is -3.96. The summed E-state index contributed by atoms with van der Waals surface area (Å²) in [6.07, 6.45) is -0.108. The molecule has 0 saturated heterocycles. The van der Waals surface area contributed by atoms with Crippen LogP contribution in [0.25, 0.3) is 0 Å². The van der Waals surface area contributed by atoms with Gasteiger partial charge in [0, 0.05) is 12.8 Å². The standard InChI is InChI=1S/C20H29N5O7/c1-10(17(28)24-11(2)20(31)32)23-19(30)15(9-12-3-5-13(26)6-4-12)25-18(29)14(21)7-8-16(22)27/h3-6,10-11,14-15,26H,7-9,21H2,1-2H3,(H2,22,27)(H,23,30)(H,24,28)(H,25,29)(H,31,32). The van der Waals surface area contributed by atoms with Gasteiger partial charge in [-0.15, -0.1) is 0 Å². The Morgan fingerprint density at radius 1 is 0.906 bits per heavy atom. The van der Waals surface area contributed by atoms with Gasteiger partial charge in [-0.25, -0.2) is 0 Å². The second-order valence-electron chi connectivity index (χ2n) is 7.34. The Morgan fingerprint density at radius 3 is 2.00 bits per heavy atom. The number of phenols is 1. The highest BCUT2D eigenvalue weighted by atomic mass is 16.4. The third kappa shape index (κ3) is 9.00. The molecule has 0 aliphatic carbocycles. The number of carbonyl (C=O) groups excluding carboxylic acids is 4. The van der Waals surface area contributed by atoms with E-state index in [-0.39, 0.29) is 25.0 Å². The summed E-state index contributed by atoms with van der Waals surface area (Å²) in [7, 11) is 0. The Balaban J connectivity index is 2.90. The number of hydrogen-bond donors (Lipinski definition) is 7. The Bertz CT molecular complexity index is 843. The fourth-order valence-electron chi connectivity index (χ4n) is 2.56. The smallest absolute Gasteiger partial charge is 0.325 e. The second kappa shape index (κ2) is 12.2. The fraction of sp³-hybridized carbons (Fsp3) is 0.450. The molecule has 12 heteroatoms. The molecule has 1 aromatic carbocycles. The summed E-state index contributed by atoms with van der Waals surface area (Å²) in [5.41, 5.74) is 11.4. The van der Waals surface area contributed by atoms with Crippen LogP contribution in [-0.4, -0.2) is 64.0 Å². The molecule has 0 radical (unpaired) electrons. The van der Waals surface area contributed by atoms with E-state index < -0.39 is 53.8 Å². The van der Waals surface area contributed by atoms with Crippen LogP contribution in [0.2, 0.25) is 0 Å². The van der Waals surface area contributed by atoms with E-state index in [0.29, 0.717) is 5.56 Å². The average Bonchev–Trinajstić information content (AvgIpc) is 2.72. The number of rotatable bonds is 12. The topological polar surface area (TPSA) is 214 Å². The molecule has 176 valence electrons. The maximum atomic E-state index is 12.8. The number of nitrogens with two attached hydrogens (primary N) is 2. The Labute approximate surface area is 184 Å². The van der Waals surface area contributed by atoms with Crippen molar-refractivity contribution in [2.75, 3.05) is 0 Å². The molecule has 4 amide bonds. The second-order valence-corrected chi connectivity index (χ2v) is 7.34. The predicted molar refractivity (Wildman–Crippen MR) is 113 cm³/mol. The lowest BCUT2D eigenvalue weighted by Crippen LogP contribution is -2.56. The van der Waals surface area contributed by atoms with Crippen LogP contribution in [0.3, 0.4) is 0 Å². The molecule has 0 fully saturated rings. The van der Waals surface area contributed by atoms with Crippen LogP contribution >= 0.6 is 0 Å². The van der Waals surface area contributed by atoms with Crippen LogP contribution in [-0.2, 0) is 30.4 Å². The highest BCUT2D eigenvalue weighted by molar-refractivity contribution is 5.94. The van der Waals surface area contributed by atoms with E-state index in [1.807, 2.05) is 0 Å². The van der Waals surface area contributed by atoms with E-state index in [4.69, 9.17) is 16.6 Å². The first-order chi connectivity index (χ1) is 14.9. The summed E-state index contributed by atoms with van der Waals surface area (Å²) >= 11 is 0. The van der Waals surface area contributed by atoms with Crippen molar-refractivity contribution in [1.82, 2.24) is 16.0 Å². The van der Waals surface area contributed by atoms with Gasteiger partial charge in [0.15, 0.2) is 0 Å². The first-order valence-electron chi connectivity index (χ1n) is 9.86. The third-order valence-corrected chi connectivity index (χ3v) is 4.53. The zero-order chi connectivity index (χ0) is 24.4. The molecule has 0 aromatic heterocycles. The van der Waals surface area contributed by atoms with E-state index in [1.54, 1.807) is 12.1 Å². The molecule has 0 aliphatic heterocycles. The van der Waals surface area contributed by atoms with E-state index in [0.717, 1.165) is 0 Å². The number of phenolic OH excluding ortho intramolecular Hbond substituents is 1. The van der Waals surface area contributed by atoms with E-state index in [9.17, 15) is 29.1 Å². The minimum absolute atomic E-state index is 0.0133. The maximum Gasteiger partial charge on any atom is 0.325 e. The monoisotopic (exact) mass is 451 g/mol. The molecule has 12 nitrogen and oxygen atoms in total. The Hall–Kier alpha value is -3.67. The number of carboxylic acid groups (broad SMARTS) is 1. The number of benzene rings is 1. The Morgan fingerprint density at radius 2 is 1.47 bits per heavy atom. The van der Waals surface area contributed by atoms with Crippen molar-refractivity contribution in [1.29, 1.82) is 0 Å². The zero-order valence-corrected chi connectivity index (χ0v) is 17.8. The van der Waals surface area contributed by atoms with Crippen molar-refractivity contribution in [3.05, 3.63) is 29.8 Å². The number of aliphatic carboxylic acids is 1. The molecular formula is C20H29N5O7. The van der Waals surface area contributed by atoms with Crippen molar-refractivity contribution in [2.24, 2.45) is 11.5 Å². The van der Waals surface area contributed by atoms with Gasteiger partial charge in [-0.3, -0.25) is 24.0 Å². The molecule has 0 heterocycles. The summed E-state index contributed by atoms with van der Waals surface area (Å²) in [4.78, 5) is 59.1. The number of aromatic hydroxyl groups is 1. The van der Waals surface area contributed by atoms with Crippen LogP contribution < -0.4 is 27.4 Å². The Kier molecular flexibility index (Phi) is 10.1. The normalized spacial score (nSPS) is 14.3. The largest absolute Gasteiger partial charge is 0.508 e. The van der Waals surface area contributed by atoms with Crippen LogP contribution in [0.15, 0.2) is 24.3 Å². The molecule has 0 bridgehead atoms. The van der Waals surface area contributed by atoms with E-state index >= 15 is 0 Å². The third-order valence-electron chi connectivity index (χ3n) is 4.53. The molecule has 4 unspecified atom stereocenters. The highest BCUT2D eigenvalue weighted by Crippen LogP contribution is 2.12. The molecule has 0 spiro atoms. The molecular weight excluding hydrogens is 422 g/mol. The highest BCUT2D eigenvalue weighted by Gasteiger charge is 2.27. The van der Waals surface area contributed by atoms with Crippen molar-refractivity contribution in [2.45, 2.75) is 57.3 Å². The molecule has 0 aliphatic rings. The molecule has 1 aromatic rings. The first kappa shape index (κ1) is 26.4. The van der Waals surface area contributed by atoms with Crippen molar-refractivity contribution < 1.29 is 34.2 Å². The van der Waals surface area contributed by atoms with Crippen LogP contribution in [0, 0.1) is 0 Å². The van der Waals surface area contributed by atoms with Gasteiger partial charge in [-0.05, 0) is 38.0 Å². The molecule has 32 heavy (non-hydrogen) atoms. The summed E-state index contributed by atoms with van der Waals surface area (Å²) in [6.45, 7) is 2.63. The first-order valence-corrected chi connectivity index (χ1v) is 9.86. The van der Waals surface area contributed by atoms with Gasteiger partial charge < -0.3 is 37.6 Å². The van der Waals surface area contributed by atoms with Gasteiger partial charge in [0.05, 0.1) is 6.04 Å². The van der Waals surface area contributed by atoms with Crippen LogP contribution in [0.1, 0.15) is 32.3 Å². The number of amides is 4. The summed E-state index contributed by atoms with van der Waals surface area (Å²) in [6, 6.07) is 1.46. The van der Waals surface area contributed by atoms with Crippen LogP contribution in [0.5, 0.6) is 5.75 Å². The van der Waals surface area contributed by atoms with Gasteiger partial charge in [0.25, 0.3) is 0 Å². The number of hydrogen-bond acceptors (Lipinski definition) is 7. The van der Waals surface area contributed by atoms with Crippen LogP contribution in [0.4, 0.5) is 0 Å². The lowest BCUT2D eigenvalue weighted by Gasteiger charge is -2.23. The van der Waals surface area contributed by atoms with Crippen molar-refractivity contribution >= 4 is 29.6 Å². The van der Waals surface area contributed by atoms with Gasteiger partial charge >= 0.3 is 5.97 Å². The zero-order valence-electron chi connectivity index (χ0n) is 17.8. The van der Waals surface area contributed by atoms with Gasteiger partial charge in [0.1, 0.15) is 23.9 Å². The number of carboxylic acids is 1. The van der Waals surface area contributed by atoms with Crippen molar-refractivity contribution in [3.8, 4) is 5.75 Å². The van der Waals surface area contributed by atoms with E-state index in [1.165, 1.54) is 26.0 Å². The maximum absolute atomic E-state index is 12.8. The lowest BCUT2D eigenvalue weighted by molar-refractivity contribution is -0.141. The van der Waals surface area contributed by atoms with E-state index in [2.05, 4.69) is 16.0 Å². The predicted octanol–water partition coefficient (Wildman–Crippen LogP) is -1.89. The summed E-state index contributed by atoms with van der Waals surface area (Å²) in [5, 5.41) is 25.5. The molecule has 4 atom stereocenters. The number of nitrogens with one attached hydrogen (secondary N) is 3. The molecule has 0 saturated carbocycles. The molecule has 1 rings (SSSR count). The number of carbonyl (C=O) groups is 5. The lowest BCUT2D eigenvalue weighted by atomic mass is 10.0. The van der Waals surface area contributed by atoms with Gasteiger partial charge in [0.2, 0.25) is 23.6 Å². The number of primary amides is 1. The van der Waals surface area contributed by atoms with Gasteiger partial charge in [-0.2, -0.15) is 0 Å². The average molecular weight is 451 g/mol. The minimum Gasteiger partial charge on any atom is -0.508 e. The van der Waals surface area contributed by atoms with Crippen molar-refractivity contribution in [3.63, 3.8) is 0 Å². The SMILES string of the molecule is CC(NC(=O)C(C)NC(=O)C(Cc1ccc(O)cc1)NC(=O)C(N)CCC(N)=O)C(=O)O. The minimum atomic E-state index is -1.24. The molecule has 9 N–H and O–H groups in total. The van der Waals surface area contributed by atoms with Gasteiger partial charge in [-0.1, -0.05) is 12.1 Å². The quantitative estimate of drug-likeness (QED) is 0.190.